The fourth-order valence-electron chi connectivity index (χ4n) is 5.50. The summed E-state index contributed by atoms with van der Waals surface area (Å²) in [6.45, 7) is 8.27. The summed E-state index contributed by atoms with van der Waals surface area (Å²) in [5.74, 6) is 1.49. The third kappa shape index (κ3) is 7.58. The van der Waals surface area contributed by atoms with Crippen molar-refractivity contribution in [3.8, 4) is 11.6 Å². The highest BCUT2D eigenvalue weighted by Crippen LogP contribution is 2.34. The quantitative estimate of drug-likeness (QED) is 0.148. The molecule has 0 radical (unpaired) electrons. The predicted octanol–water partition coefficient (Wildman–Crippen LogP) is 7.07. The zero-order valence-electron chi connectivity index (χ0n) is 26.1. The molecule has 0 aliphatic heterocycles. The normalized spacial score (nSPS) is 11.7. The van der Waals surface area contributed by atoms with Gasteiger partial charge in [0.1, 0.15) is 17.4 Å². The minimum atomic E-state index is -0.879. The first-order valence-electron chi connectivity index (χ1n) is 15.4. The van der Waals surface area contributed by atoms with E-state index in [9.17, 15) is 9.59 Å². The third-order valence-corrected chi connectivity index (χ3v) is 7.55. The van der Waals surface area contributed by atoms with E-state index >= 15 is 0 Å². The molecule has 0 saturated carbocycles. The Hall–Kier alpha value is -4.26. The number of rotatable bonds is 14. The molecule has 0 saturated heterocycles. The summed E-state index contributed by atoms with van der Waals surface area (Å²) in [6.07, 6.45) is 7.32. The number of unbranched alkanes of at least 4 members (excludes halogenated alkanes) is 1. The topological polar surface area (TPSA) is 83.3 Å². The van der Waals surface area contributed by atoms with E-state index in [0.717, 1.165) is 78.6 Å². The summed E-state index contributed by atoms with van der Waals surface area (Å²) in [5, 5.41) is 0. The van der Waals surface area contributed by atoms with Gasteiger partial charge in [-0.25, -0.2) is 19.3 Å². The summed E-state index contributed by atoms with van der Waals surface area (Å²) < 4.78 is 13.3. The SMILES string of the molecule is CCCCc1nc(C)n(-c2ccccn2)c(=O)c1Cc1cc(CCC)c(OC(C(=O)OC)c2ccccc2)c(CCC)c1. The van der Waals surface area contributed by atoms with Crippen molar-refractivity contribution >= 4 is 5.97 Å². The zero-order valence-corrected chi connectivity index (χ0v) is 26.1. The van der Waals surface area contributed by atoms with Crippen molar-refractivity contribution in [2.24, 2.45) is 0 Å². The third-order valence-electron chi connectivity index (χ3n) is 7.55. The molecule has 0 amide bonds. The molecule has 1 atom stereocenters. The predicted molar refractivity (Wildman–Crippen MR) is 170 cm³/mol. The highest BCUT2D eigenvalue weighted by atomic mass is 16.6. The van der Waals surface area contributed by atoms with Gasteiger partial charge in [-0.2, -0.15) is 0 Å². The molecule has 0 spiro atoms. The van der Waals surface area contributed by atoms with Gasteiger partial charge in [0.15, 0.2) is 0 Å². The number of hydrogen-bond donors (Lipinski definition) is 0. The molecule has 2 aromatic carbocycles. The molecule has 0 N–H and O–H groups in total. The summed E-state index contributed by atoms with van der Waals surface area (Å²) in [6, 6.07) is 19.3. The fraction of sp³-hybridized carbons (Fsp3) is 0.389. The fourth-order valence-corrected chi connectivity index (χ4v) is 5.50. The van der Waals surface area contributed by atoms with Gasteiger partial charge < -0.3 is 9.47 Å². The maximum atomic E-state index is 14.1. The van der Waals surface area contributed by atoms with Gasteiger partial charge in [-0.1, -0.05) is 88.6 Å². The average Bonchev–Trinajstić information content (AvgIpc) is 3.02. The first-order chi connectivity index (χ1) is 20.9. The summed E-state index contributed by atoms with van der Waals surface area (Å²) in [7, 11) is 1.38. The van der Waals surface area contributed by atoms with E-state index in [1.54, 1.807) is 10.8 Å². The van der Waals surface area contributed by atoms with Crippen LogP contribution in [0, 0.1) is 6.92 Å². The minimum absolute atomic E-state index is 0.0819. The van der Waals surface area contributed by atoms with Crippen LogP contribution in [0.4, 0.5) is 0 Å². The zero-order chi connectivity index (χ0) is 30.8. The molecule has 2 aromatic heterocycles. The Balaban J connectivity index is 1.83. The molecule has 0 bridgehead atoms. The molecule has 0 aliphatic carbocycles. The number of methoxy groups -OCH3 is 1. The van der Waals surface area contributed by atoms with Gasteiger partial charge in [0.25, 0.3) is 5.56 Å². The number of aryl methyl sites for hydroxylation is 4. The van der Waals surface area contributed by atoms with E-state index < -0.39 is 12.1 Å². The van der Waals surface area contributed by atoms with Crippen LogP contribution < -0.4 is 10.3 Å². The molecule has 4 rings (SSSR count). The van der Waals surface area contributed by atoms with Crippen LogP contribution in [-0.2, 0) is 35.2 Å². The summed E-state index contributed by atoms with van der Waals surface area (Å²) in [5.41, 5.74) is 5.27. The van der Waals surface area contributed by atoms with Gasteiger partial charge in [-0.3, -0.25) is 4.79 Å². The number of carbonyl (C=O) groups excluding carboxylic acids is 1. The Morgan fingerprint density at radius 1 is 0.907 bits per heavy atom. The van der Waals surface area contributed by atoms with Crippen molar-refractivity contribution in [1.29, 1.82) is 0 Å². The second-order valence-electron chi connectivity index (χ2n) is 10.9. The Kier molecular flexibility index (Phi) is 11.3. The first-order valence-corrected chi connectivity index (χ1v) is 15.4. The number of benzene rings is 2. The number of nitrogens with zero attached hydrogens (tertiary/aromatic N) is 3. The molecule has 226 valence electrons. The lowest BCUT2D eigenvalue weighted by molar-refractivity contribution is -0.149. The molecule has 4 aromatic rings. The molecule has 1 unspecified atom stereocenters. The van der Waals surface area contributed by atoms with E-state index in [1.807, 2.05) is 55.5 Å². The Bertz CT molecular complexity index is 1540. The molecular formula is C36H43N3O4. The van der Waals surface area contributed by atoms with E-state index in [2.05, 4.69) is 37.9 Å². The molecule has 0 aliphatic rings. The molecule has 0 fully saturated rings. The van der Waals surface area contributed by atoms with Gasteiger partial charge in [0, 0.05) is 23.7 Å². The number of carbonyl (C=O) groups is 1. The number of pyridine rings is 1. The summed E-state index contributed by atoms with van der Waals surface area (Å²) in [4.78, 5) is 36.4. The van der Waals surface area contributed by atoms with Gasteiger partial charge in [0.2, 0.25) is 6.10 Å². The second kappa shape index (κ2) is 15.3. The van der Waals surface area contributed by atoms with Crippen LogP contribution in [0.15, 0.2) is 71.7 Å². The summed E-state index contributed by atoms with van der Waals surface area (Å²) >= 11 is 0. The van der Waals surface area contributed by atoms with E-state index in [4.69, 9.17) is 14.5 Å². The van der Waals surface area contributed by atoms with Crippen molar-refractivity contribution < 1.29 is 14.3 Å². The maximum absolute atomic E-state index is 14.1. The number of aromatic nitrogens is 3. The Labute approximate surface area is 254 Å². The van der Waals surface area contributed by atoms with Gasteiger partial charge in [-0.15, -0.1) is 0 Å². The molecule has 2 heterocycles. The van der Waals surface area contributed by atoms with E-state index in [-0.39, 0.29) is 5.56 Å². The van der Waals surface area contributed by atoms with Crippen LogP contribution in [0.1, 0.15) is 91.9 Å². The lowest BCUT2D eigenvalue weighted by Crippen LogP contribution is -2.29. The smallest absolute Gasteiger partial charge is 0.351 e. The van der Waals surface area contributed by atoms with Gasteiger partial charge in [-0.05, 0) is 61.4 Å². The van der Waals surface area contributed by atoms with Crippen LogP contribution in [-0.4, -0.2) is 27.6 Å². The first kappa shape index (κ1) is 31.7. The molecule has 7 heteroatoms. The highest BCUT2D eigenvalue weighted by Gasteiger charge is 2.26. The van der Waals surface area contributed by atoms with Crippen molar-refractivity contribution in [2.75, 3.05) is 7.11 Å². The Morgan fingerprint density at radius 2 is 1.58 bits per heavy atom. The molecular weight excluding hydrogens is 538 g/mol. The van der Waals surface area contributed by atoms with Crippen LogP contribution in [0.3, 0.4) is 0 Å². The van der Waals surface area contributed by atoms with Crippen LogP contribution in [0.5, 0.6) is 5.75 Å². The largest absolute Gasteiger partial charge is 0.473 e. The van der Waals surface area contributed by atoms with Crippen molar-refractivity contribution in [3.63, 3.8) is 0 Å². The van der Waals surface area contributed by atoms with Gasteiger partial charge >= 0.3 is 5.97 Å². The van der Waals surface area contributed by atoms with Gasteiger partial charge in [0.05, 0.1) is 12.8 Å². The average molecular weight is 582 g/mol. The number of hydrogen-bond acceptors (Lipinski definition) is 6. The van der Waals surface area contributed by atoms with Crippen LogP contribution in [0.25, 0.3) is 5.82 Å². The second-order valence-corrected chi connectivity index (χ2v) is 10.9. The lowest BCUT2D eigenvalue weighted by Gasteiger charge is -2.23. The maximum Gasteiger partial charge on any atom is 0.351 e. The Morgan fingerprint density at radius 3 is 2.16 bits per heavy atom. The molecule has 7 nitrogen and oxygen atoms in total. The highest BCUT2D eigenvalue weighted by molar-refractivity contribution is 5.77. The van der Waals surface area contributed by atoms with Crippen LogP contribution in [0.2, 0.25) is 0 Å². The molecule has 43 heavy (non-hydrogen) atoms. The van der Waals surface area contributed by atoms with Crippen LogP contribution >= 0.6 is 0 Å². The minimum Gasteiger partial charge on any atom is -0.473 e. The number of ether oxygens (including phenoxy) is 2. The number of esters is 1. The lowest BCUT2D eigenvalue weighted by atomic mass is 9.94. The monoisotopic (exact) mass is 581 g/mol. The van der Waals surface area contributed by atoms with Crippen molar-refractivity contribution in [3.05, 3.63) is 117 Å². The van der Waals surface area contributed by atoms with E-state index in [1.165, 1.54) is 7.11 Å². The van der Waals surface area contributed by atoms with Crippen molar-refractivity contribution in [1.82, 2.24) is 14.5 Å². The van der Waals surface area contributed by atoms with E-state index in [0.29, 0.717) is 23.6 Å². The van der Waals surface area contributed by atoms with Crippen molar-refractivity contribution in [2.45, 2.75) is 85.2 Å². The standard InChI is InChI=1S/C36H43N3O4/c1-6-9-19-31-30(35(40)39(25(4)38-31)32-20-13-14-21-37-32)24-26-22-28(15-7-2)33(29(23-26)16-8-3)43-34(36(41)42-5)27-17-11-10-12-18-27/h10-14,17-18,20-23,34H,6-9,15-16,19,24H2,1-5H3.